The maximum Gasteiger partial charge on any atom is 0.378 e. The molecule has 2 rings (SSSR count). The Bertz CT molecular complexity index is 631. The van der Waals surface area contributed by atoms with Crippen molar-refractivity contribution in [1.29, 1.82) is 0 Å². The molecule has 1 aromatic heterocycles. The predicted molar refractivity (Wildman–Crippen MR) is 57.2 cm³/mol. The van der Waals surface area contributed by atoms with E-state index < -0.39 is 35.0 Å². The van der Waals surface area contributed by atoms with Crippen LogP contribution in [0.1, 0.15) is 5.69 Å². The van der Waals surface area contributed by atoms with Gasteiger partial charge in [0, 0.05) is 26.3 Å². The van der Waals surface area contributed by atoms with Crippen molar-refractivity contribution in [3.63, 3.8) is 0 Å². The van der Waals surface area contributed by atoms with Crippen LogP contribution in [0.25, 0.3) is 5.57 Å². The average Bonchev–Trinajstić information content (AvgIpc) is 2.43. The first-order chi connectivity index (χ1) is 9.88. The van der Waals surface area contributed by atoms with Gasteiger partial charge < -0.3 is 9.72 Å². The number of hydrogen-bond donors (Lipinski definition) is 0. The summed E-state index contributed by atoms with van der Waals surface area (Å²) < 4.78 is 111. The van der Waals surface area contributed by atoms with Gasteiger partial charge in [-0.15, -0.1) is 5.57 Å². The van der Waals surface area contributed by atoms with Crippen molar-refractivity contribution < 1.29 is 60.0 Å². The fourth-order valence-electron chi connectivity index (χ4n) is 1.77. The Kier molecular flexibility index (Phi) is 4.91. The van der Waals surface area contributed by atoms with Crippen LogP contribution >= 0.6 is 0 Å². The summed E-state index contributed by atoms with van der Waals surface area (Å²) in [4.78, 5) is 3.21. The predicted octanol–water partition coefficient (Wildman–Crippen LogP) is 3.83. The number of pyridine rings is 1. The zero-order chi connectivity index (χ0) is 17.0. The van der Waals surface area contributed by atoms with Gasteiger partial charge in [-0.25, -0.2) is 8.78 Å². The van der Waals surface area contributed by atoms with Crippen LogP contribution in [0.2, 0.25) is 0 Å². The molecule has 1 aliphatic carbocycles. The number of allylic oxidation sites excluding steroid dienone is 2. The van der Waals surface area contributed by atoms with Gasteiger partial charge in [-0.3, -0.25) is 0 Å². The van der Waals surface area contributed by atoms with E-state index in [1.165, 1.54) is 0 Å². The molecule has 0 unspecified atom stereocenters. The van der Waals surface area contributed by atoms with Gasteiger partial charge in [0.15, 0.2) is 0 Å². The van der Waals surface area contributed by atoms with Crippen molar-refractivity contribution in [2.45, 2.75) is 23.7 Å². The molecule has 0 amide bonds. The molecule has 1 aromatic rings. The molecule has 1 heterocycles. The normalized spacial score (nSPS) is 23.4. The molecule has 0 saturated heterocycles. The third kappa shape index (κ3) is 2.63. The summed E-state index contributed by atoms with van der Waals surface area (Å²) in [6.07, 6.45) is 1.29. The maximum atomic E-state index is 13.7. The van der Waals surface area contributed by atoms with Gasteiger partial charge in [-0.05, 0) is 6.07 Å². The molecular formula is C12H6F8IrNO-. The van der Waals surface area contributed by atoms with Crippen molar-refractivity contribution in [3.05, 3.63) is 30.1 Å². The first-order valence-corrected chi connectivity index (χ1v) is 5.56. The fourth-order valence-corrected chi connectivity index (χ4v) is 1.77. The Morgan fingerprint density at radius 2 is 1.57 bits per heavy atom. The number of ether oxygens (including phenoxy) is 1. The quantitative estimate of drug-likeness (QED) is 0.434. The zero-order valence-corrected chi connectivity index (χ0v) is 13.3. The molecule has 131 valence electrons. The minimum Gasteiger partial charge on any atom is -0.498 e. The van der Waals surface area contributed by atoms with E-state index >= 15 is 0 Å². The van der Waals surface area contributed by atoms with Crippen LogP contribution in [-0.4, -0.2) is 35.8 Å². The Morgan fingerprint density at radius 1 is 1.00 bits per heavy atom. The molecule has 0 atom stereocenters. The zero-order valence-electron chi connectivity index (χ0n) is 10.9. The van der Waals surface area contributed by atoms with Crippen LogP contribution in [0.15, 0.2) is 18.3 Å². The topological polar surface area (TPSA) is 22.1 Å². The SMILES string of the molecule is COc1ccnc(C2=[C-]C(F)(F)C(F)(F)C(F)(F)C2(F)F)c1.[Ir]. The summed E-state index contributed by atoms with van der Waals surface area (Å²) in [5.74, 6) is -24.0. The van der Waals surface area contributed by atoms with Crippen LogP contribution in [0.3, 0.4) is 0 Å². The van der Waals surface area contributed by atoms with E-state index in [1.54, 1.807) is 0 Å². The second-order valence-electron chi connectivity index (χ2n) is 4.38. The second kappa shape index (κ2) is 5.70. The van der Waals surface area contributed by atoms with Crippen molar-refractivity contribution in [1.82, 2.24) is 4.98 Å². The molecule has 0 saturated carbocycles. The molecule has 0 aliphatic heterocycles. The molecular weight excluding hydrogens is 518 g/mol. The summed E-state index contributed by atoms with van der Waals surface area (Å²) in [7, 11) is 1.09. The Morgan fingerprint density at radius 3 is 2.09 bits per heavy atom. The molecule has 0 fully saturated rings. The smallest absolute Gasteiger partial charge is 0.378 e. The standard InChI is InChI=1S/C12H6F8NO.Ir/c1-22-6-2-3-21-8(4-6)7-5-9(13,14)11(17,18)12(19,20)10(7,15)16;/h2-4H,1H3;/q-1;. The van der Waals surface area contributed by atoms with Crippen LogP contribution in [0.5, 0.6) is 5.75 Å². The third-order valence-corrected chi connectivity index (χ3v) is 3.00. The summed E-state index contributed by atoms with van der Waals surface area (Å²) in [5.41, 5.74) is -3.19. The number of alkyl halides is 8. The summed E-state index contributed by atoms with van der Waals surface area (Å²) in [6, 6.07) is 1.75. The van der Waals surface area contributed by atoms with Gasteiger partial charge in [0.2, 0.25) is 0 Å². The number of hydrogen-bond acceptors (Lipinski definition) is 2. The molecule has 1 radical (unpaired) electrons. The monoisotopic (exact) mass is 525 g/mol. The van der Waals surface area contributed by atoms with E-state index in [9.17, 15) is 35.1 Å². The van der Waals surface area contributed by atoms with Crippen LogP contribution in [0.4, 0.5) is 35.1 Å². The second-order valence-corrected chi connectivity index (χ2v) is 4.38. The maximum absolute atomic E-state index is 13.7. The van der Waals surface area contributed by atoms with E-state index in [1.807, 2.05) is 0 Å². The van der Waals surface area contributed by atoms with Gasteiger partial charge in [0.25, 0.3) is 5.92 Å². The van der Waals surface area contributed by atoms with Crippen LogP contribution < -0.4 is 4.74 Å². The molecule has 23 heavy (non-hydrogen) atoms. The molecule has 1 aliphatic rings. The van der Waals surface area contributed by atoms with Crippen LogP contribution in [-0.2, 0) is 20.1 Å². The third-order valence-electron chi connectivity index (χ3n) is 3.00. The van der Waals surface area contributed by atoms with Crippen molar-refractivity contribution >= 4 is 5.57 Å². The fraction of sp³-hybridized carbons (Fsp3) is 0.417. The first kappa shape index (κ1) is 19.8. The Balaban J connectivity index is 0.00000264. The van der Waals surface area contributed by atoms with E-state index in [0.717, 1.165) is 19.4 Å². The minimum absolute atomic E-state index is 0. The number of aromatic nitrogens is 1. The summed E-state index contributed by atoms with van der Waals surface area (Å²) >= 11 is 0. The minimum atomic E-state index is -6.32. The van der Waals surface area contributed by atoms with Crippen molar-refractivity contribution in [3.8, 4) is 5.75 Å². The first-order valence-electron chi connectivity index (χ1n) is 5.56. The molecule has 0 bridgehead atoms. The number of methoxy groups -OCH3 is 1. The largest absolute Gasteiger partial charge is 0.498 e. The number of nitrogens with zero attached hydrogens (tertiary/aromatic N) is 1. The van der Waals surface area contributed by atoms with Crippen LogP contribution in [0, 0.1) is 6.08 Å². The molecule has 11 heteroatoms. The van der Waals surface area contributed by atoms with Gasteiger partial charge in [0.05, 0.1) is 7.11 Å². The van der Waals surface area contributed by atoms with E-state index in [-0.39, 0.29) is 25.9 Å². The van der Waals surface area contributed by atoms with Gasteiger partial charge in [0.1, 0.15) is 5.75 Å². The summed E-state index contributed by atoms with van der Waals surface area (Å²) in [5, 5.41) is 0. The molecule has 0 aromatic carbocycles. The Labute approximate surface area is 137 Å². The van der Waals surface area contributed by atoms with Crippen molar-refractivity contribution in [2.24, 2.45) is 0 Å². The van der Waals surface area contributed by atoms with Gasteiger partial charge >= 0.3 is 17.8 Å². The van der Waals surface area contributed by atoms with Gasteiger partial charge in [-0.2, -0.15) is 32.4 Å². The molecule has 0 N–H and O–H groups in total. The average molecular weight is 524 g/mol. The Hall–Kier alpha value is -1.22. The number of halogens is 8. The van der Waals surface area contributed by atoms with Crippen molar-refractivity contribution in [2.75, 3.05) is 7.11 Å². The van der Waals surface area contributed by atoms with E-state index in [0.29, 0.717) is 12.1 Å². The van der Waals surface area contributed by atoms with Gasteiger partial charge in [-0.1, -0.05) is 11.8 Å². The number of rotatable bonds is 2. The molecule has 0 spiro atoms. The van der Waals surface area contributed by atoms with E-state index in [4.69, 9.17) is 0 Å². The van der Waals surface area contributed by atoms with E-state index in [2.05, 4.69) is 9.72 Å². The molecule has 2 nitrogen and oxygen atoms in total. The summed E-state index contributed by atoms with van der Waals surface area (Å²) in [6.45, 7) is 0.